The van der Waals surface area contributed by atoms with Crippen LogP contribution in [-0.4, -0.2) is 33.8 Å². The molecule has 0 aliphatic rings. The van der Waals surface area contributed by atoms with Gasteiger partial charge in [-0.15, -0.1) is 0 Å². The van der Waals surface area contributed by atoms with Crippen LogP contribution in [0.25, 0.3) is 11.0 Å². The maximum Gasteiger partial charge on any atom is 0.338 e. The van der Waals surface area contributed by atoms with Crippen LogP contribution in [0.1, 0.15) is 35.3 Å². The number of thioether (sulfide) groups is 1. The third kappa shape index (κ3) is 4.79. The molecular formula is C22H25N3O3S. The quantitative estimate of drug-likeness (QED) is 0.455. The van der Waals surface area contributed by atoms with Gasteiger partial charge in [-0.2, -0.15) is 0 Å². The van der Waals surface area contributed by atoms with E-state index in [1.165, 1.54) is 17.3 Å². The number of imidazole rings is 1. The van der Waals surface area contributed by atoms with E-state index in [0.29, 0.717) is 12.2 Å². The fourth-order valence-electron chi connectivity index (χ4n) is 3.01. The third-order valence-electron chi connectivity index (χ3n) is 4.66. The Hall–Kier alpha value is -2.80. The van der Waals surface area contributed by atoms with Crippen LogP contribution in [0.15, 0.2) is 41.6 Å². The number of nitrogens with zero attached hydrogens (tertiary/aromatic N) is 2. The second kappa shape index (κ2) is 9.13. The van der Waals surface area contributed by atoms with Crippen LogP contribution in [-0.2, 0) is 16.1 Å². The Morgan fingerprint density at radius 3 is 2.59 bits per heavy atom. The number of carbonyl (C=O) groups is 2. The van der Waals surface area contributed by atoms with Gasteiger partial charge in [0.05, 0.1) is 29.0 Å². The number of rotatable bonds is 7. The van der Waals surface area contributed by atoms with Crippen molar-refractivity contribution in [3.8, 4) is 0 Å². The number of carbonyl (C=O) groups excluding carboxylic acids is 2. The zero-order chi connectivity index (χ0) is 21.0. The lowest BCUT2D eigenvalue weighted by atomic mass is 10.1. The minimum Gasteiger partial charge on any atom is -0.462 e. The largest absolute Gasteiger partial charge is 0.462 e. The predicted molar refractivity (Wildman–Crippen MR) is 117 cm³/mol. The summed E-state index contributed by atoms with van der Waals surface area (Å²) in [6, 6.07) is 11.2. The fraction of sp³-hybridized carbons (Fsp3) is 0.318. The molecule has 2 aromatic carbocycles. The summed E-state index contributed by atoms with van der Waals surface area (Å²) in [7, 11) is 0. The van der Waals surface area contributed by atoms with Gasteiger partial charge in [0, 0.05) is 12.2 Å². The van der Waals surface area contributed by atoms with E-state index in [4.69, 9.17) is 4.74 Å². The molecule has 0 fully saturated rings. The molecule has 0 saturated carbocycles. The number of fused-ring (bicyclic) bond motifs is 1. The van der Waals surface area contributed by atoms with Gasteiger partial charge >= 0.3 is 5.97 Å². The van der Waals surface area contributed by atoms with Gasteiger partial charge in [0.2, 0.25) is 5.91 Å². The minimum atomic E-state index is -0.359. The van der Waals surface area contributed by atoms with Crippen LogP contribution in [0.2, 0.25) is 0 Å². The first-order valence-electron chi connectivity index (χ1n) is 9.60. The zero-order valence-electron chi connectivity index (χ0n) is 17.1. The van der Waals surface area contributed by atoms with Crippen LogP contribution in [0, 0.1) is 13.8 Å². The van der Waals surface area contributed by atoms with Crippen LogP contribution in [0.5, 0.6) is 0 Å². The van der Waals surface area contributed by atoms with E-state index in [1.54, 1.807) is 19.1 Å². The Balaban J connectivity index is 1.74. The molecule has 1 amide bonds. The van der Waals surface area contributed by atoms with E-state index in [2.05, 4.69) is 10.3 Å². The van der Waals surface area contributed by atoms with Crippen molar-refractivity contribution in [2.75, 3.05) is 17.7 Å². The molecule has 3 aromatic rings. The van der Waals surface area contributed by atoms with Gasteiger partial charge in [0.25, 0.3) is 0 Å². The fourth-order valence-corrected chi connectivity index (χ4v) is 3.89. The molecule has 0 unspecified atom stereocenters. The molecule has 1 aromatic heterocycles. The molecule has 0 spiro atoms. The Morgan fingerprint density at radius 1 is 1.10 bits per heavy atom. The molecule has 152 valence electrons. The van der Waals surface area contributed by atoms with Crippen molar-refractivity contribution in [1.82, 2.24) is 9.55 Å². The predicted octanol–water partition coefficient (Wildman–Crippen LogP) is 4.58. The standard InChI is InChI=1S/C22H25N3O3S/c1-5-25-19-10-8-16(21(27)28-6-2)12-18(19)24-22(25)29-13-20(26)23-17-9-7-14(3)15(4)11-17/h7-12H,5-6,13H2,1-4H3,(H,23,26). The SMILES string of the molecule is CCOC(=O)c1ccc2c(c1)nc(SCC(=O)Nc1ccc(C)c(C)c1)n2CC. The van der Waals surface area contributed by atoms with Gasteiger partial charge < -0.3 is 14.6 Å². The lowest BCUT2D eigenvalue weighted by molar-refractivity contribution is -0.113. The number of ether oxygens (including phenoxy) is 1. The molecule has 0 aliphatic carbocycles. The lowest BCUT2D eigenvalue weighted by Gasteiger charge is -2.08. The molecule has 1 heterocycles. The summed E-state index contributed by atoms with van der Waals surface area (Å²) in [5.41, 5.74) is 5.25. The highest BCUT2D eigenvalue weighted by Crippen LogP contribution is 2.25. The summed E-state index contributed by atoms with van der Waals surface area (Å²) in [4.78, 5) is 29.0. The Kier molecular flexibility index (Phi) is 6.59. The summed E-state index contributed by atoms with van der Waals surface area (Å²) >= 11 is 1.38. The van der Waals surface area contributed by atoms with Gasteiger partial charge in [0.1, 0.15) is 0 Å². The molecule has 3 rings (SSSR count). The van der Waals surface area contributed by atoms with E-state index in [1.807, 2.05) is 49.6 Å². The molecule has 29 heavy (non-hydrogen) atoms. The summed E-state index contributed by atoms with van der Waals surface area (Å²) in [6.45, 7) is 8.92. The van der Waals surface area contributed by atoms with Crippen LogP contribution in [0.3, 0.4) is 0 Å². The topological polar surface area (TPSA) is 73.2 Å². The van der Waals surface area contributed by atoms with Gasteiger partial charge in [-0.25, -0.2) is 9.78 Å². The lowest BCUT2D eigenvalue weighted by Crippen LogP contribution is -2.14. The van der Waals surface area contributed by atoms with Crippen molar-refractivity contribution in [3.63, 3.8) is 0 Å². The number of aromatic nitrogens is 2. The molecule has 6 nitrogen and oxygen atoms in total. The number of amides is 1. The number of nitrogens with one attached hydrogen (secondary N) is 1. The number of aryl methyl sites for hydroxylation is 3. The van der Waals surface area contributed by atoms with Gasteiger partial charge in [0.15, 0.2) is 5.16 Å². The summed E-state index contributed by atoms with van der Waals surface area (Å²) < 4.78 is 7.10. The molecule has 0 radical (unpaired) electrons. The molecule has 0 saturated heterocycles. The Bertz CT molecular complexity index is 1060. The minimum absolute atomic E-state index is 0.0832. The first-order valence-corrected chi connectivity index (χ1v) is 10.6. The molecule has 7 heteroatoms. The average molecular weight is 412 g/mol. The zero-order valence-corrected chi connectivity index (χ0v) is 17.9. The summed E-state index contributed by atoms with van der Waals surface area (Å²) in [6.07, 6.45) is 0. The highest BCUT2D eigenvalue weighted by molar-refractivity contribution is 7.99. The third-order valence-corrected chi connectivity index (χ3v) is 5.64. The average Bonchev–Trinajstić information content (AvgIpc) is 3.06. The first kappa shape index (κ1) is 20.9. The molecule has 0 atom stereocenters. The second-order valence-electron chi connectivity index (χ2n) is 6.70. The number of benzene rings is 2. The molecule has 0 aliphatic heterocycles. The van der Waals surface area contributed by atoms with E-state index in [-0.39, 0.29) is 17.6 Å². The maximum atomic E-state index is 12.4. The van der Waals surface area contributed by atoms with E-state index < -0.39 is 0 Å². The van der Waals surface area contributed by atoms with Gasteiger partial charge in [-0.05, 0) is 69.2 Å². The van der Waals surface area contributed by atoms with Crippen molar-refractivity contribution in [2.45, 2.75) is 39.4 Å². The summed E-state index contributed by atoms with van der Waals surface area (Å²) in [5, 5.41) is 3.68. The highest BCUT2D eigenvalue weighted by atomic mass is 32.2. The smallest absolute Gasteiger partial charge is 0.338 e. The number of hydrogen-bond donors (Lipinski definition) is 1. The van der Waals surface area contributed by atoms with Gasteiger partial charge in [-0.3, -0.25) is 4.79 Å². The number of hydrogen-bond acceptors (Lipinski definition) is 5. The molecule has 0 bridgehead atoms. The van der Waals surface area contributed by atoms with Crippen molar-refractivity contribution >= 4 is 40.4 Å². The van der Waals surface area contributed by atoms with E-state index >= 15 is 0 Å². The Labute approximate surface area is 174 Å². The van der Waals surface area contributed by atoms with Crippen molar-refractivity contribution in [2.24, 2.45) is 0 Å². The normalized spacial score (nSPS) is 10.9. The van der Waals surface area contributed by atoms with Crippen molar-refractivity contribution in [3.05, 3.63) is 53.1 Å². The van der Waals surface area contributed by atoms with Crippen LogP contribution in [0.4, 0.5) is 5.69 Å². The van der Waals surface area contributed by atoms with Crippen molar-refractivity contribution in [1.29, 1.82) is 0 Å². The van der Waals surface area contributed by atoms with Crippen LogP contribution >= 0.6 is 11.8 Å². The summed E-state index contributed by atoms with van der Waals surface area (Å²) in [5.74, 6) is -0.191. The van der Waals surface area contributed by atoms with Crippen LogP contribution < -0.4 is 5.32 Å². The number of anilines is 1. The maximum absolute atomic E-state index is 12.4. The van der Waals surface area contributed by atoms with Gasteiger partial charge in [-0.1, -0.05) is 17.8 Å². The Morgan fingerprint density at radius 2 is 1.90 bits per heavy atom. The molecular weight excluding hydrogens is 386 g/mol. The van der Waals surface area contributed by atoms with Crippen molar-refractivity contribution < 1.29 is 14.3 Å². The first-order chi connectivity index (χ1) is 13.9. The molecule has 1 N–H and O–H groups in total. The van der Waals surface area contributed by atoms with E-state index in [0.717, 1.165) is 34.0 Å². The number of esters is 1. The highest BCUT2D eigenvalue weighted by Gasteiger charge is 2.15. The monoisotopic (exact) mass is 411 g/mol. The second-order valence-corrected chi connectivity index (χ2v) is 7.64. The van der Waals surface area contributed by atoms with E-state index in [9.17, 15) is 9.59 Å².